The Bertz CT molecular complexity index is 734. The van der Waals surface area contributed by atoms with Gasteiger partial charge in [0.25, 0.3) is 5.91 Å². The number of aliphatic hydroxyl groups is 1. The first-order chi connectivity index (χ1) is 13.0. The summed E-state index contributed by atoms with van der Waals surface area (Å²) in [6.45, 7) is 0.692. The number of nitrogens with zero attached hydrogens (tertiary/aromatic N) is 1. The SMILES string of the molecule is C[C@](O)(c1ccc(C(=O)N(C2CC2)[C@H]2CC[C@@H](C(N)=O)CC2)cc1)C(F)(F)F. The summed E-state index contributed by atoms with van der Waals surface area (Å²) >= 11 is 0. The van der Waals surface area contributed by atoms with Gasteiger partial charge in [-0.2, -0.15) is 13.2 Å². The number of amides is 2. The van der Waals surface area contributed by atoms with E-state index in [9.17, 15) is 27.9 Å². The number of hydrogen-bond acceptors (Lipinski definition) is 3. The van der Waals surface area contributed by atoms with Crippen molar-refractivity contribution >= 4 is 11.8 Å². The Labute approximate surface area is 161 Å². The van der Waals surface area contributed by atoms with Crippen molar-refractivity contribution in [2.24, 2.45) is 11.7 Å². The number of halogens is 3. The zero-order chi connectivity index (χ0) is 20.7. The molecule has 154 valence electrons. The third-order valence-electron chi connectivity index (χ3n) is 5.91. The van der Waals surface area contributed by atoms with Crippen molar-refractivity contribution in [2.75, 3.05) is 0 Å². The Morgan fingerprint density at radius 3 is 1.86 bits per heavy atom. The molecule has 1 atom stereocenters. The van der Waals surface area contributed by atoms with Gasteiger partial charge in [0.15, 0.2) is 5.60 Å². The van der Waals surface area contributed by atoms with Crippen LogP contribution in [0.5, 0.6) is 0 Å². The fourth-order valence-corrected chi connectivity index (χ4v) is 3.87. The van der Waals surface area contributed by atoms with Gasteiger partial charge in [-0.05, 0) is 63.1 Å². The highest BCUT2D eigenvalue weighted by Gasteiger charge is 2.51. The molecule has 0 saturated heterocycles. The lowest BCUT2D eigenvalue weighted by atomic mass is 9.84. The van der Waals surface area contributed by atoms with Gasteiger partial charge in [0.05, 0.1) is 0 Å². The highest BCUT2D eigenvalue weighted by Crippen LogP contribution is 2.39. The molecule has 0 bridgehead atoms. The average Bonchev–Trinajstić information content (AvgIpc) is 3.46. The number of nitrogens with two attached hydrogens (primary N) is 1. The van der Waals surface area contributed by atoms with E-state index in [1.54, 1.807) is 0 Å². The van der Waals surface area contributed by atoms with E-state index in [1.165, 1.54) is 12.1 Å². The van der Waals surface area contributed by atoms with E-state index in [0.29, 0.717) is 38.2 Å². The molecule has 2 saturated carbocycles. The van der Waals surface area contributed by atoms with Crippen LogP contribution in [-0.2, 0) is 10.4 Å². The minimum Gasteiger partial charge on any atom is -0.376 e. The maximum atomic E-state index is 13.0. The Balaban J connectivity index is 1.75. The quantitative estimate of drug-likeness (QED) is 0.799. The van der Waals surface area contributed by atoms with E-state index in [4.69, 9.17) is 5.73 Å². The molecule has 1 aromatic rings. The minimum absolute atomic E-state index is 0.00793. The van der Waals surface area contributed by atoms with Gasteiger partial charge in [-0.25, -0.2) is 0 Å². The fraction of sp³-hybridized carbons (Fsp3) is 0.600. The van der Waals surface area contributed by atoms with E-state index in [1.807, 2.05) is 4.90 Å². The Morgan fingerprint density at radius 1 is 1.00 bits per heavy atom. The van der Waals surface area contributed by atoms with Crippen LogP contribution in [0.15, 0.2) is 24.3 Å². The molecule has 2 fully saturated rings. The molecule has 0 spiro atoms. The number of alkyl halides is 3. The van der Waals surface area contributed by atoms with E-state index in [0.717, 1.165) is 25.0 Å². The Hall–Kier alpha value is -2.09. The molecule has 0 aromatic heterocycles. The summed E-state index contributed by atoms with van der Waals surface area (Å²) < 4.78 is 39.0. The molecule has 0 unspecified atom stereocenters. The molecule has 2 aliphatic rings. The molecule has 2 aliphatic carbocycles. The minimum atomic E-state index is -4.81. The lowest BCUT2D eigenvalue weighted by Gasteiger charge is -2.36. The number of benzene rings is 1. The number of primary amides is 1. The molecule has 8 heteroatoms. The van der Waals surface area contributed by atoms with Crippen molar-refractivity contribution < 1.29 is 27.9 Å². The summed E-state index contributed by atoms with van der Waals surface area (Å²) in [6, 6.07) is 5.12. The number of hydrogen-bond donors (Lipinski definition) is 2. The lowest BCUT2D eigenvalue weighted by molar-refractivity contribution is -0.258. The second kappa shape index (κ2) is 7.39. The summed E-state index contributed by atoms with van der Waals surface area (Å²) in [5.74, 6) is -0.686. The van der Waals surface area contributed by atoms with Gasteiger partial charge >= 0.3 is 6.18 Å². The van der Waals surface area contributed by atoms with Crippen LogP contribution in [0.25, 0.3) is 0 Å². The van der Waals surface area contributed by atoms with Crippen LogP contribution in [0, 0.1) is 5.92 Å². The topological polar surface area (TPSA) is 83.6 Å². The van der Waals surface area contributed by atoms with Crippen LogP contribution in [0.3, 0.4) is 0 Å². The van der Waals surface area contributed by atoms with Crippen LogP contribution in [0.1, 0.15) is 61.4 Å². The predicted octanol–water partition coefficient (Wildman–Crippen LogP) is 3.11. The summed E-state index contributed by atoms with van der Waals surface area (Å²) in [4.78, 5) is 26.2. The van der Waals surface area contributed by atoms with Crippen molar-refractivity contribution in [2.45, 2.75) is 69.3 Å². The van der Waals surface area contributed by atoms with Crippen molar-refractivity contribution in [1.29, 1.82) is 0 Å². The molecule has 2 amide bonds. The molecule has 3 N–H and O–H groups in total. The first kappa shape index (κ1) is 20.6. The second-order valence-electron chi connectivity index (χ2n) is 8.00. The average molecular weight is 398 g/mol. The summed E-state index contributed by atoms with van der Waals surface area (Å²) in [7, 11) is 0. The van der Waals surface area contributed by atoms with Gasteiger partial charge in [-0.15, -0.1) is 0 Å². The predicted molar refractivity (Wildman–Crippen MR) is 96.2 cm³/mol. The van der Waals surface area contributed by atoms with Crippen LogP contribution < -0.4 is 5.73 Å². The van der Waals surface area contributed by atoms with Crippen molar-refractivity contribution in [3.05, 3.63) is 35.4 Å². The molecule has 28 heavy (non-hydrogen) atoms. The molecule has 1 aromatic carbocycles. The number of carbonyl (C=O) groups excluding carboxylic acids is 2. The normalized spacial score (nSPS) is 25.0. The molecule has 3 rings (SSSR count). The van der Waals surface area contributed by atoms with E-state index in [-0.39, 0.29) is 35.4 Å². The van der Waals surface area contributed by atoms with E-state index >= 15 is 0 Å². The summed E-state index contributed by atoms with van der Waals surface area (Å²) in [6.07, 6.45) is -0.330. The maximum absolute atomic E-state index is 13.0. The van der Waals surface area contributed by atoms with Crippen molar-refractivity contribution in [3.8, 4) is 0 Å². The first-order valence-electron chi connectivity index (χ1n) is 9.54. The van der Waals surface area contributed by atoms with Gasteiger partial charge in [-0.1, -0.05) is 12.1 Å². The highest BCUT2D eigenvalue weighted by atomic mass is 19.4. The van der Waals surface area contributed by atoms with Gasteiger partial charge in [-0.3, -0.25) is 9.59 Å². The van der Waals surface area contributed by atoms with E-state index in [2.05, 4.69) is 0 Å². The Kier molecular flexibility index (Phi) is 5.44. The standard InChI is InChI=1S/C20H25F3N2O3/c1-19(28,20(21,22)23)14-6-2-13(3-7-14)18(27)25(16-10-11-16)15-8-4-12(5-9-15)17(24)26/h2-3,6-7,12,15-16,28H,4-5,8-11H2,1H3,(H2,24,26)/t12-,15+,19-/m0/s1. The molecule has 0 radical (unpaired) electrons. The lowest BCUT2D eigenvalue weighted by Crippen LogP contribution is -2.45. The largest absolute Gasteiger partial charge is 0.421 e. The van der Waals surface area contributed by atoms with Crippen LogP contribution in [0.4, 0.5) is 13.2 Å². The van der Waals surface area contributed by atoms with Crippen molar-refractivity contribution in [3.63, 3.8) is 0 Å². The zero-order valence-corrected chi connectivity index (χ0v) is 15.7. The summed E-state index contributed by atoms with van der Waals surface area (Å²) in [5, 5.41) is 9.77. The van der Waals surface area contributed by atoms with Crippen LogP contribution in [-0.4, -0.2) is 40.1 Å². The highest BCUT2D eigenvalue weighted by molar-refractivity contribution is 5.95. The van der Waals surface area contributed by atoms with Crippen LogP contribution >= 0.6 is 0 Å². The first-order valence-corrected chi connectivity index (χ1v) is 9.54. The zero-order valence-electron chi connectivity index (χ0n) is 15.7. The summed E-state index contributed by atoms with van der Waals surface area (Å²) in [5.41, 5.74) is 2.39. The third kappa shape index (κ3) is 4.01. The molecule has 0 aliphatic heterocycles. The Morgan fingerprint density at radius 2 is 1.46 bits per heavy atom. The van der Waals surface area contributed by atoms with Gasteiger partial charge in [0.1, 0.15) is 0 Å². The molecule has 5 nitrogen and oxygen atoms in total. The number of rotatable bonds is 5. The van der Waals surface area contributed by atoms with Crippen molar-refractivity contribution in [1.82, 2.24) is 4.90 Å². The number of carbonyl (C=O) groups is 2. The molecular formula is C20H25F3N2O3. The monoisotopic (exact) mass is 398 g/mol. The van der Waals surface area contributed by atoms with E-state index < -0.39 is 11.8 Å². The van der Waals surface area contributed by atoms with Gasteiger partial charge < -0.3 is 15.7 Å². The molecular weight excluding hydrogens is 373 g/mol. The van der Waals surface area contributed by atoms with Gasteiger partial charge in [0.2, 0.25) is 5.91 Å². The maximum Gasteiger partial charge on any atom is 0.421 e. The smallest absolute Gasteiger partial charge is 0.376 e. The van der Waals surface area contributed by atoms with Crippen LogP contribution in [0.2, 0.25) is 0 Å². The fourth-order valence-electron chi connectivity index (χ4n) is 3.87. The van der Waals surface area contributed by atoms with Gasteiger partial charge in [0, 0.05) is 23.6 Å². The molecule has 0 heterocycles. The third-order valence-corrected chi connectivity index (χ3v) is 5.91. The second-order valence-corrected chi connectivity index (χ2v) is 8.00.